The molecule has 0 spiro atoms. The molecule has 0 bridgehead atoms. The molecule has 0 fully saturated rings. The Morgan fingerprint density at radius 3 is 2.47 bits per heavy atom. The average molecular weight is 503 g/mol. The number of nitrogens with zero attached hydrogens (tertiary/aromatic N) is 3. The average Bonchev–Trinajstić information content (AvgIpc) is 2.97. The second-order valence-electron chi connectivity index (χ2n) is 8.29. The van der Waals surface area contributed by atoms with Gasteiger partial charge in [0.05, 0.1) is 11.9 Å². The summed E-state index contributed by atoms with van der Waals surface area (Å²) in [6.45, 7) is -0.273. The Hall–Kier alpha value is -5.37. The van der Waals surface area contributed by atoms with Crippen molar-refractivity contribution in [2.75, 3.05) is 6.61 Å². The van der Waals surface area contributed by atoms with Crippen LogP contribution in [0.4, 0.5) is 0 Å². The number of benzene rings is 3. The molecule has 8 nitrogen and oxygen atoms in total. The molecule has 2 aromatic heterocycles. The van der Waals surface area contributed by atoms with E-state index >= 15 is 0 Å². The van der Waals surface area contributed by atoms with E-state index in [9.17, 15) is 14.7 Å². The molecule has 2 heterocycles. The minimum Gasteiger partial charge on any atom is -0.507 e. The number of rotatable bonds is 8. The smallest absolute Gasteiger partial charge is 0.277 e. The van der Waals surface area contributed by atoms with Crippen LogP contribution in [-0.2, 0) is 4.79 Å². The molecule has 5 rings (SSSR count). The maximum Gasteiger partial charge on any atom is 0.277 e. The molecule has 0 aliphatic rings. The summed E-state index contributed by atoms with van der Waals surface area (Å²) >= 11 is 0. The number of nitrogens with one attached hydrogen (secondary N) is 1. The highest BCUT2D eigenvalue weighted by atomic mass is 16.5. The summed E-state index contributed by atoms with van der Waals surface area (Å²) < 4.78 is 5.52. The van der Waals surface area contributed by atoms with Crippen LogP contribution in [0, 0.1) is 0 Å². The molecule has 0 saturated carbocycles. The van der Waals surface area contributed by atoms with Gasteiger partial charge in [-0.1, -0.05) is 42.5 Å². The van der Waals surface area contributed by atoms with Gasteiger partial charge in [0.25, 0.3) is 5.91 Å². The second kappa shape index (κ2) is 11.1. The molecule has 0 atom stereocenters. The van der Waals surface area contributed by atoms with Crippen LogP contribution >= 0.6 is 0 Å². The van der Waals surface area contributed by atoms with Crippen LogP contribution < -0.4 is 10.2 Å². The zero-order valence-electron chi connectivity index (χ0n) is 20.1. The van der Waals surface area contributed by atoms with Gasteiger partial charge in [0.1, 0.15) is 11.5 Å². The van der Waals surface area contributed by atoms with Gasteiger partial charge < -0.3 is 9.84 Å². The maximum absolute atomic E-state index is 13.5. The fraction of sp³-hybridized carbons (Fsp3) is 0.0333. The number of ether oxygens (including phenoxy) is 1. The topological polar surface area (TPSA) is 114 Å². The van der Waals surface area contributed by atoms with E-state index in [1.807, 2.05) is 42.5 Å². The van der Waals surface area contributed by atoms with E-state index in [2.05, 4.69) is 20.5 Å². The van der Waals surface area contributed by atoms with Gasteiger partial charge in [-0.25, -0.2) is 15.4 Å². The number of aromatic nitrogens is 2. The third kappa shape index (κ3) is 5.55. The molecule has 0 aliphatic carbocycles. The lowest BCUT2D eigenvalue weighted by Crippen LogP contribution is -2.24. The molecule has 0 unspecified atom stereocenters. The van der Waals surface area contributed by atoms with E-state index in [1.165, 1.54) is 12.3 Å². The summed E-state index contributed by atoms with van der Waals surface area (Å²) in [5.74, 6) is -0.181. The van der Waals surface area contributed by atoms with Crippen LogP contribution in [-0.4, -0.2) is 39.6 Å². The third-order valence-corrected chi connectivity index (χ3v) is 5.70. The number of carbonyl (C=O) groups excluding carboxylic acids is 2. The number of phenolic OH excluding ortho intramolecular Hbond substituents is 1. The molecule has 0 saturated heterocycles. The number of hydrazone groups is 1. The highest BCUT2D eigenvalue weighted by Gasteiger charge is 2.18. The van der Waals surface area contributed by atoms with Gasteiger partial charge in [-0.2, -0.15) is 5.10 Å². The molecule has 5 aromatic rings. The van der Waals surface area contributed by atoms with Crippen molar-refractivity contribution < 1.29 is 19.4 Å². The molecule has 2 N–H and O–H groups in total. The first-order valence-electron chi connectivity index (χ1n) is 11.8. The standard InChI is InChI=1S/C30H22N4O4/c35-26-11-5-4-9-23(26)18-32-34-27(36)19-38-24-14-12-21(13-15-24)29(37)25-17-22-10-6-16-31-30(22)33-28(25)20-7-2-1-3-8-20/h1-18,35H,19H2,(H,34,36)/b32-18+. The van der Waals surface area contributed by atoms with Crippen LogP contribution in [0.2, 0.25) is 0 Å². The Bertz CT molecular complexity index is 1630. The quantitative estimate of drug-likeness (QED) is 0.180. The lowest BCUT2D eigenvalue weighted by Gasteiger charge is -2.11. The number of hydrogen-bond acceptors (Lipinski definition) is 7. The maximum atomic E-state index is 13.5. The molecular formula is C30H22N4O4. The van der Waals surface area contributed by atoms with Gasteiger partial charge in [0.2, 0.25) is 0 Å². The van der Waals surface area contributed by atoms with Gasteiger partial charge in [0, 0.05) is 33.8 Å². The van der Waals surface area contributed by atoms with Crippen molar-refractivity contribution in [1.82, 2.24) is 15.4 Å². The third-order valence-electron chi connectivity index (χ3n) is 5.70. The van der Waals surface area contributed by atoms with Crippen molar-refractivity contribution >= 4 is 28.9 Å². The Kier molecular flexibility index (Phi) is 7.13. The van der Waals surface area contributed by atoms with Crippen molar-refractivity contribution in [1.29, 1.82) is 0 Å². The molecular weight excluding hydrogens is 480 g/mol. The van der Waals surface area contributed by atoms with Gasteiger partial charge in [-0.05, 0) is 54.6 Å². The number of hydrogen-bond donors (Lipinski definition) is 2. The van der Waals surface area contributed by atoms with Gasteiger partial charge >= 0.3 is 0 Å². The number of amides is 1. The minimum absolute atomic E-state index is 0.0587. The van der Waals surface area contributed by atoms with Crippen LogP contribution in [0.5, 0.6) is 11.5 Å². The van der Waals surface area contributed by atoms with Gasteiger partial charge in [0.15, 0.2) is 18.0 Å². The van der Waals surface area contributed by atoms with E-state index < -0.39 is 5.91 Å². The fourth-order valence-electron chi connectivity index (χ4n) is 3.80. The van der Waals surface area contributed by atoms with Crippen molar-refractivity contribution in [2.24, 2.45) is 5.10 Å². The monoisotopic (exact) mass is 502 g/mol. The first-order chi connectivity index (χ1) is 18.6. The zero-order chi connectivity index (χ0) is 26.3. The highest BCUT2D eigenvalue weighted by molar-refractivity contribution is 6.13. The summed E-state index contributed by atoms with van der Waals surface area (Å²) in [7, 11) is 0. The van der Waals surface area contributed by atoms with Crippen LogP contribution in [0.15, 0.2) is 108 Å². The predicted octanol–water partition coefficient (Wildman–Crippen LogP) is 4.76. The molecule has 3 aromatic carbocycles. The Morgan fingerprint density at radius 1 is 0.921 bits per heavy atom. The summed E-state index contributed by atoms with van der Waals surface area (Å²) in [6, 6.07) is 28.2. The minimum atomic E-state index is -0.472. The van der Waals surface area contributed by atoms with E-state index in [0.717, 1.165) is 10.9 Å². The molecule has 1 amide bonds. The predicted molar refractivity (Wildman–Crippen MR) is 144 cm³/mol. The van der Waals surface area contributed by atoms with Crippen LogP contribution in [0.3, 0.4) is 0 Å². The van der Waals surface area contributed by atoms with Crippen molar-refractivity contribution in [3.05, 3.63) is 120 Å². The van der Waals surface area contributed by atoms with Crippen LogP contribution in [0.25, 0.3) is 22.3 Å². The van der Waals surface area contributed by atoms with Gasteiger partial charge in [-0.15, -0.1) is 0 Å². The van der Waals surface area contributed by atoms with Gasteiger partial charge in [-0.3, -0.25) is 9.59 Å². The first kappa shape index (κ1) is 24.3. The van der Waals surface area contributed by atoms with Crippen molar-refractivity contribution in [3.63, 3.8) is 0 Å². The number of aromatic hydroxyl groups is 1. The van der Waals surface area contributed by atoms with Crippen molar-refractivity contribution in [3.8, 4) is 22.8 Å². The summed E-state index contributed by atoms with van der Waals surface area (Å²) in [5.41, 5.74) is 5.68. The second-order valence-corrected chi connectivity index (χ2v) is 8.29. The zero-order valence-corrected chi connectivity index (χ0v) is 20.1. The van der Waals surface area contributed by atoms with E-state index in [-0.39, 0.29) is 18.1 Å². The number of fused-ring (bicyclic) bond motifs is 1. The SMILES string of the molecule is O=C(COc1ccc(C(=O)c2cc3cccnc3nc2-c2ccccc2)cc1)N/N=C/c1ccccc1O. The summed E-state index contributed by atoms with van der Waals surface area (Å²) in [4.78, 5) is 34.6. The number of phenols is 1. The highest BCUT2D eigenvalue weighted by Crippen LogP contribution is 2.27. The lowest BCUT2D eigenvalue weighted by atomic mass is 9.97. The Morgan fingerprint density at radius 2 is 1.68 bits per heavy atom. The number of carbonyl (C=O) groups is 2. The Labute approximate surface area is 218 Å². The molecule has 38 heavy (non-hydrogen) atoms. The fourth-order valence-corrected chi connectivity index (χ4v) is 3.80. The van der Waals surface area contributed by atoms with Crippen LogP contribution in [0.1, 0.15) is 21.5 Å². The van der Waals surface area contributed by atoms with E-state index in [4.69, 9.17) is 4.74 Å². The molecule has 0 radical (unpaired) electrons. The molecule has 0 aliphatic heterocycles. The molecule has 186 valence electrons. The summed E-state index contributed by atoms with van der Waals surface area (Å²) in [5, 5.41) is 14.3. The largest absolute Gasteiger partial charge is 0.507 e. The van der Waals surface area contributed by atoms with E-state index in [1.54, 1.807) is 54.7 Å². The van der Waals surface area contributed by atoms with E-state index in [0.29, 0.717) is 33.8 Å². The number of ketones is 1. The summed E-state index contributed by atoms with van der Waals surface area (Å²) in [6.07, 6.45) is 3.01. The lowest BCUT2D eigenvalue weighted by molar-refractivity contribution is -0.123. The normalized spacial score (nSPS) is 10.9. The van der Waals surface area contributed by atoms with Crippen molar-refractivity contribution in [2.45, 2.75) is 0 Å². The molecule has 8 heteroatoms. The number of para-hydroxylation sites is 1. The Balaban J connectivity index is 1.28. The number of pyridine rings is 2. The first-order valence-corrected chi connectivity index (χ1v) is 11.8.